The van der Waals surface area contributed by atoms with Crippen LogP contribution in [-0.4, -0.2) is 37.7 Å². The Labute approximate surface area is 160 Å². The Morgan fingerprint density at radius 2 is 1.38 bits per heavy atom. The molecular weight excluding hydrogens is 330 g/mol. The van der Waals surface area contributed by atoms with Gasteiger partial charge in [0.05, 0.1) is 13.2 Å². The number of hydrogen-bond donors (Lipinski definition) is 1. The molecule has 0 spiro atoms. The molecule has 0 saturated heterocycles. The molecule has 0 aromatic carbocycles. The molecule has 0 rings (SSSR count). The Bertz CT molecular complexity index is 347. The van der Waals surface area contributed by atoms with E-state index in [2.05, 4.69) is 12.2 Å². The summed E-state index contributed by atoms with van der Waals surface area (Å²) in [6, 6.07) is -0.180. The first-order chi connectivity index (χ1) is 12.7. The van der Waals surface area contributed by atoms with Gasteiger partial charge < -0.3 is 14.8 Å². The highest BCUT2D eigenvalue weighted by atomic mass is 16.5. The van der Waals surface area contributed by atoms with Crippen LogP contribution in [0.3, 0.4) is 0 Å². The first kappa shape index (κ1) is 24.9. The van der Waals surface area contributed by atoms with Crippen molar-refractivity contribution in [1.82, 2.24) is 5.32 Å². The molecule has 1 unspecified atom stereocenters. The number of unbranched alkanes of at least 4 members (excludes halogenated alkanes) is 8. The van der Waals surface area contributed by atoms with Crippen LogP contribution in [0.1, 0.15) is 97.8 Å². The first-order valence-electron chi connectivity index (χ1n) is 10.7. The Balaban J connectivity index is 3.83. The maximum atomic E-state index is 12.1. The summed E-state index contributed by atoms with van der Waals surface area (Å²) in [5.74, 6) is -0.227. The molecular formula is C21H41NO4. The summed E-state index contributed by atoms with van der Waals surface area (Å²) in [5.41, 5.74) is 0. The number of carbonyl (C=O) groups is 2. The number of rotatable bonds is 18. The topological polar surface area (TPSA) is 64.6 Å². The largest absolute Gasteiger partial charge is 0.466 e. The lowest BCUT2D eigenvalue weighted by molar-refractivity contribution is -0.146. The average molecular weight is 372 g/mol. The fourth-order valence-electron chi connectivity index (χ4n) is 2.93. The van der Waals surface area contributed by atoms with Crippen LogP contribution in [0.5, 0.6) is 0 Å². The molecule has 0 aromatic rings. The lowest BCUT2D eigenvalue weighted by Crippen LogP contribution is -2.38. The quantitative estimate of drug-likeness (QED) is 0.278. The molecule has 0 radical (unpaired) electrons. The molecule has 1 atom stereocenters. The SMILES string of the molecule is CCCCCCCCC(NCCCCCCC(=O)OCC)C(=O)OCC. The molecule has 5 heteroatoms. The van der Waals surface area contributed by atoms with Gasteiger partial charge in [0.25, 0.3) is 0 Å². The van der Waals surface area contributed by atoms with Crippen molar-refractivity contribution in [2.24, 2.45) is 0 Å². The highest BCUT2D eigenvalue weighted by Crippen LogP contribution is 2.10. The third kappa shape index (κ3) is 15.2. The van der Waals surface area contributed by atoms with E-state index >= 15 is 0 Å². The molecule has 0 aliphatic rings. The zero-order chi connectivity index (χ0) is 19.5. The van der Waals surface area contributed by atoms with Gasteiger partial charge in [0.2, 0.25) is 0 Å². The Kier molecular flexibility index (Phi) is 17.9. The Hall–Kier alpha value is -1.10. The van der Waals surface area contributed by atoms with Gasteiger partial charge in [0.15, 0.2) is 0 Å². The normalized spacial score (nSPS) is 12.0. The third-order valence-corrected chi connectivity index (χ3v) is 4.42. The van der Waals surface area contributed by atoms with Crippen molar-refractivity contribution in [2.45, 2.75) is 104 Å². The Morgan fingerprint density at radius 1 is 0.769 bits per heavy atom. The highest BCUT2D eigenvalue weighted by Gasteiger charge is 2.18. The van der Waals surface area contributed by atoms with Crippen LogP contribution in [-0.2, 0) is 19.1 Å². The zero-order valence-electron chi connectivity index (χ0n) is 17.3. The van der Waals surface area contributed by atoms with Gasteiger partial charge in [-0.2, -0.15) is 0 Å². The molecule has 0 bridgehead atoms. The summed E-state index contributed by atoms with van der Waals surface area (Å²) >= 11 is 0. The van der Waals surface area contributed by atoms with Crippen LogP contribution < -0.4 is 5.32 Å². The van der Waals surface area contributed by atoms with Gasteiger partial charge in [-0.3, -0.25) is 9.59 Å². The van der Waals surface area contributed by atoms with Crippen LogP contribution in [0.15, 0.2) is 0 Å². The molecule has 0 amide bonds. The minimum Gasteiger partial charge on any atom is -0.466 e. The molecule has 1 N–H and O–H groups in total. The number of carbonyl (C=O) groups excluding carboxylic acids is 2. The second-order valence-electron chi connectivity index (χ2n) is 6.78. The van der Waals surface area contributed by atoms with Crippen molar-refractivity contribution in [3.8, 4) is 0 Å². The van der Waals surface area contributed by atoms with Crippen LogP contribution >= 0.6 is 0 Å². The number of nitrogens with one attached hydrogen (secondary N) is 1. The minimum absolute atomic E-state index is 0.105. The van der Waals surface area contributed by atoms with E-state index in [0.717, 1.165) is 45.1 Å². The van der Waals surface area contributed by atoms with Gasteiger partial charge in [-0.25, -0.2) is 0 Å². The van der Waals surface area contributed by atoms with Crippen molar-refractivity contribution in [2.75, 3.05) is 19.8 Å². The first-order valence-corrected chi connectivity index (χ1v) is 10.7. The van der Waals surface area contributed by atoms with E-state index in [-0.39, 0.29) is 18.0 Å². The van der Waals surface area contributed by atoms with Gasteiger partial charge in [-0.05, 0) is 39.7 Å². The van der Waals surface area contributed by atoms with E-state index in [1.54, 1.807) is 0 Å². The summed E-state index contributed by atoms with van der Waals surface area (Å²) in [4.78, 5) is 23.3. The van der Waals surface area contributed by atoms with Crippen LogP contribution in [0.4, 0.5) is 0 Å². The van der Waals surface area contributed by atoms with Crippen molar-refractivity contribution < 1.29 is 19.1 Å². The van der Waals surface area contributed by atoms with Gasteiger partial charge in [-0.15, -0.1) is 0 Å². The van der Waals surface area contributed by atoms with Gasteiger partial charge in [0, 0.05) is 6.42 Å². The molecule has 0 aromatic heterocycles. The van der Waals surface area contributed by atoms with E-state index in [1.807, 2.05) is 13.8 Å². The fraction of sp³-hybridized carbons (Fsp3) is 0.905. The molecule has 0 aliphatic carbocycles. The van der Waals surface area contributed by atoms with Crippen molar-refractivity contribution in [3.05, 3.63) is 0 Å². The van der Waals surface area contributed by atoms with Gasteiger partial charge in [-0.1, -0.05) is 58.3 Å². The van der Waals surface area contributed by atoms with Crippen LogP contribution in [0.25, 0.3) is 0 Å². The molecule has 0 saturated carbocycles. The van der Waals surface area contributed by atoms with Crippen LogP contribution in [0.2, 0.25) is 0 Å². The van der Waals surface area contributed by atoms with E-state index in [4.69, 9.17) is 9.47 Å². The smallest absolute Gasteiger partial charge is 0.323 e. The molecule has 0 aliphatic heterocycles. The standard InChI is InChI=1S/C21H41NO4/c1-4-7-8-9-10-13-16-19(21(24)26-6-3)22-18-15-12-11-14-17-20(23)25-5-2/h19,22H,4-18H2,1-3H3. The second-order valence-corrected chi connectivity index (χ2v) is 6.78. The number of hydrogen-bond acceptors (Lipinski definition) is 5. The lowest BCUT2D eigenvalue weighted by atomic mass is 10.1. The van der Waals surface area contributed by atoms with Crippen molar-refractivity contribution in [3.63, 3.8) is 0 Å². The highest BCUT2D eigenvalue weighted by molar-refractivity contribution is 5.75. The van der Waals surface area contributed by atoms with E-state index in [1.165, 1.54) is 32.1 Å². The maximum absolute atomic E-state index is 12.1. The van der Waals surface area contributed by atoms with Crippen molar-refractivity contribution in [1.29, 1.82) is 0 Å². The van der Waals surface area contributed by atoms with E-state index < -0.39 is 0 Å². The summed E-state index contributed by atoms with van der Waals surface area (Å²) in [5, 5.41) is 3.36. The number of esters is 2. The minimum atomic E-state index is -0.180. The Morgan fingerprint density at radius 3 is 2.08 bits per heavy atom. The summed E-state index contributed by atoms with van der Waals surface area (Å²) in [6.07, 6.45) is 12.7. The summed E-state index contributed by atoms with van der Waals surface area (Å²) < 4.78 is 10.1. The van der Waals surface area contributed by atoms with E-state index in [0.29, 0.717) is 19.6 Å². The van der Waals surface area contributed by atoms with Gasteiger partial charge in [0.1, 0.15) is 6.04 Å². The van der Waals surface area contributed by atoms with Gasteiger partial charge >= 0.3 is 11.9 Å². The second kappa shape index (κ2) is 18.7. The average Bonchev–Trinajstić information content (AvgIpc) is 2.62. The van der Waals surface area contributed by atoms with Crippen LogP contribution in [0, 0.1) is 0 Å². The monoisotopic (exact) mass is 371 g/mol. The molecule has 5 nitrogen and oxygen atoms in total. The third-order valence-electron chi connectivity index (χ3n) is 4.42. The molecule has 0 heterocycles. The van der Waals surface area contributed by atoms with E-state index in [9.17, 15) is 9.59 Å². The summed E-state index contributed by atoms with van der Waals surface area (Å²) in [6.45, 7) is 7.60. The number of ether oxygens (including phenoxy) is 2. The molecule has 0 fully saturated rings. The fourth-order valence-corrected chi connectivity index (χ4v) is 2.93. The molecule has 26 heavy (non-hydrogen) atoms. The zero-order valence-corrected chi connectivity index (χ0v) is 17.3. The predicted octanol–water partition coefficient (Wildman–Crippen LogP) is 4.77. The molecule has 154 valence electrons. The maximum Gasteiger partial charge on any atom is 0.323 e. The summed E-state index contributed by atoms with van der Waals surface area (Å²) in [7, 11) is 0. The lowest BCUT2D eigenvalue weighted by Gasteiger charge is -2.17. The van der Waals surface area contributed by atoms with Crippen molar-refractivity contribution >= 4 is 11.9 Å². The predicted molar refractivity (Wildman–Crippen MR) is 106 cm³/mol.